The lowest BCUT2D eigenvalue weighted by molar-refractivity contribution is -0.139. The SMILES string of the molecule is CCCCN1C(=O)/C(=c2/sc3n(c2=O)[C@H](c2ccc(F)cc2)C(C(=O)OCC)=C(C)N=3)c2ccccc21. The van der Waals surface area contributed by atoms with Crippen molar-refractivity contribution in [3.8, 4) is 0 Å². The number of carbonyl (C=O) groups is 2. The minimum absolute atomic E-state index is 0.152. The van der Waals surface area contributed by atoms with Crippen molar-refractivity contribution >= 4 is 34.5 Å². The monoisotopic (exact) mass is 519 g/mol. The average molecular weight is 520 g/mol. The third-order valence-electron chi connectivity index (χ3n) is 6.56. The molecule has 7 nitrogen and oxygen atoms in total. The van der Waals surface area contributed by atoms with E-state index >= 15 is 0 Å². The molecule has 0 radical (unpaired) electrons. The third-order valence-corrected chi connectivity index (χ3v) is 7.62. The van der Waals surface area contributed by atoms with Crippen molar-refractivity contribution in [2.45, 2.75) is 39.7 Å². The van der Waals surface area contributed by atoms with Crippen LogP contribution in [-0.2, 0) is 14.3 Å². The van der Waals surface area contributed by atoms with Crippen LogP contribution in [-0.4, -0.2) is 29.6 Å². The topological polar surface area (TPSA) is 81.0 Å². The molecule has 37 heavy (non-hydrogen) atoms. The van der Waals surface area contributed by atoms with Crippen LogP contribution in [0, 0.1) is 5.82 Å². The Kier molecular flexibility index (Phi) is 6.64. The lowest BCUT2D eigenvalue weighted by atomic mass is 9.96. The average Bonchev–Trinajstić information content (AvgIpc) is 3.34. The number of hydrogen-bond acceptors (Lipinski definition) is 6. The van der Waals surface area contributed by atoms with Gasteiger partial charge >= 0.3 is 5.97 Å². The van der Waals surface area contributed by atoms with E-state index in [2.05, 4.69) is 11.9 Å². The second-order valence-electron chi connectivity index (χ2n) is 8.88. The maximum Gasteiger partial charge on any atom is 0.338 e. The minimum Gasteiger partial charge on any atom is -0.463 e. The number of unbranched alkanes of at least 4 members (excludes halogenated alkanes) is 1. The standard InChI is InChI=1S/C28H26FN3O4S/c1-4-6-15-31-20-10-8-7-9-19(20)22(25(31)33)24-26(34)32-23(17-11-13-18(29)14-12-17)21(27(35)36-5-2)16(3)30-28(32)37-24/h7-14,23H,4-6,15H2,1-3H3/b24-22+/t23-/m1/s1. The Labute approximate surface area is 216 Å². The predicted molar refractivity (Wildman–Crippen MR) is 139 cm³/mol. The summed E-state index contributed by atoms with van der Waals surface area (Å²) in [4.78, 5) is 47.3. The lowest BCUT2D eigenvalue weighted by Crippen LogP contribution is -2.41. The number of anilines is 1. The number of amides is 1. The molecule has 9 heteroatoms. The van der Waals surface area contributed by atoms with E-state index < -0.39 is 23.4 Å². The molecule has 1 aromatic heterocycles. The second kappa shape index (κ2) is 9.89. The molecule has 0 aliphatic carbocycles. The molecule has 1 atom stereocenters. The summed E-state index contributed by atoms with van der Waals surface area (Å²) in [6.45, 7) is 6.15. The van der Waals surface area contributed by atoms with Gasteiger partial charge in [-0.05, 0) is 44.0 Å². The molecule has 0 spiro atoms. The largest absolute Gasteiger partial charge is 0.463 e. The normalized spacial score (nSPS) is 18.0. The van der Waals surface area contributed by atoms with E-state index in [0.29, 0.717) is 33.7 Å². The van der Waals surface area contributed by atoms with Gasteiger partial charge in [-0.2, -0.15) is 0 Å². The van der Waals surface area contributed by atoms with Gasteiger partial charge < -0.3 is 9.64 Å². The summed E-state index contributed by atoms with van der Waals surface area (Å²) in [5, 5.41) is 0. The molecule has 0 unspecified atom stereocenters. The van der Waals surface area contributed by atoms with Crippen LogP contribution in [0.25, 0.3) is 5.57 Å². The van der Waals surface area contributed by atoms with Crippen LogP contribution in [0.5, 0.6) is 0 Å². The molecule has 2 aliphatic heterocycles. The van der Waals surface area contributed by atoms with E-state index in [1.54, 1.807) is 30.9 Å². The van der Waals surface area contributed by atoms with Crippen molar-refractivity contribution in [2.24, 2.45) is 4.99 Å². The number of thiazole rings is 1. The number of carbonyl (C=O) groups excluding carboxylic acids is 2. The summed E-state index contributed by atoms with van der Waals surface area (Å²) in [5.41, 5.74) is 2.55. The molecule has 0 saturated carbocycles. The molecule has 1 amide bonds. The Morgan fingerprint density at radius 1 is 1.11 bits per heavy atom. The third kappa shape index (κ3) is 4.13. The van der Waals surface area contributed by atoms with Crippen LogP contribution in [0.3, 0.4) is 0 Å². The molecule has 0 saturated heterocycles. The van der Waals surface area contributed by atoms with Crippen LogP contribution >= 0.6 is 11.3 Å². The summed E-state index contributed by atoms with van der Waals surface area (Å²) in [6.07, 6.45) is 1.76. The number of halogens is 1. The van der Waals surface area contributed by atoms with Gasteiger partial charge in [0.15, 0.2) is 4.80 Å². The van der Waals surface area contributed by atoms with Gasteiger partial charge in [0.2, 0.25) is 0 Å². The van der Waals surface area contributed by atoms with Gasteiger partial charge in [0, 0.05) is 12.1 Å². The molecule has 3 heterocycles. The van der Waals surface area contributed by atoms with Gasteiger partial charge in [0.1, 0.15) is 10.3 Å². The molecule has 5 rings (SSSR count). The summed E-state index contributed by atoms with van der Waals surface area (Å²) in [7, 11) is 0. The van der Waals surface area contributed by atoms with Gasteiger partial charge in [-0.1, -0.05) is 55.0 Å². The van der Waals surface area contributed by atoms with Crippen molar-refractivity contribution in [1.82, 2.24) is 4.57 Å². The van der Waals surface area contributed by atoms with Gasteiger partial charge in [0.05, 0.1) is 35.2 Å². The summed E-state index contributed by atoms with van der Waals surface area (Å²) in [6, 6.07) is 12.2. The number of esters is 1. The fraction of sp³-hybridized carbons (Fsp3) is 0.286. The molecule has 0 N–H and O–H groups in total. The first-order valence-corrected chi connectivity index (χ1v) is 13.1. The molecule has 190 valence electrons. The summed E-state index contributed by atoms with van der Waals surface area (Å²) >= 11 is 1.12. The number of fused-ring (bicyclic) bond motifs is 2. The fourth-order valence-electron chi connectivity index (χ4n) is 4.84. The van der Waals surface area contributed by atoms with Crippen molar-refractivity contribution in [2.75, 3.05) is 18.1 Å². The number of ether oxygens (including phenoxy) is 1. The first-order chi connectivity index (χ1) is 17.9. The number of rotatable bonds is 6. The molecule has 3 aromatic rings. The van der Waals surface area contributed by atoms with Crippen LogP contribution in [0.1, 0.15) is 50.8 Å². The zero-order valence-electron chi connectivity index (χ0n) is 20.8. The van der Waals surface area contributed by atoms with E-state index in [0.717, 1.165) is 29.9 Å². The number of nitrogens with zero attached hydrogens (tertiary/aromatic N) is 3. The molecule has 2 aromatic carbocycles. The number of para-hydroxylation sites is 1. The minimum atomic E-state index is -0.867. The van der Waals surface area contributed by atoms with E-state index in [4.69, 9.17) is 4.74 Å². The summed E-state index contributed by atoms with van der Waals surface area (Å²) in [5.74, 6) is -1.25. The van der Waals surface area contributed by atoms with E-state index in [9.17, 15) is 18.8 Å². The van der Waals surface area contributed by atoms with Crippen LogP contribution in [0.2, 0.25) is 0 Å². The number of aromatic nitrogens is 1. The Balaban J connectivity index is 1.78. The van der Waals surface area contributed by atoms with E-state index in [1.165, 1.54) is 16.7 Å². The first kappa shape index (κ1) is 24.8. The van der Waals surface area contributed by atoms with E-state index in [-0.39, 0.29) is 22.6 Å². The lowest BCUT2D eigenvalue weighted by Gasteiger charge is -2.24. The van der Waals surface area contributed by atoms with Gasteiger partial charge in [-0.3, -0.25) is 14.2 Å². The smallest absolute Gasteiger partial charge is 0.338 e. The predicted octanol–water partition coefficient (Wildman–Crippen LogP) is 3.45. The van der Waals surface area contributed by atoms with Crippen molar-refractivity contribution < 1.29 is 18.7 Å². The highest BCUT2D eigenvalue weighted by Crippen LogP contribution is 2.36. The first-order valence-electron chi connectivity index (χ1n) is 12.3. The summed E-state index contributed by atoms with van der Waals surface area (Å²) < 4.78 is 20.7. The quantitative estimate of drug-likeness (QED) is 0.467. The Hall–Kier alpha value is -3.85. The molecular formula is C28H26FN3O4S. The zero-order valence-corrected chi connectivity index (χ0v) is 21.6. The van der Waals surface area contributed by atoms with E-state index in [1.807, 2.05) is 24.3 Å². The molecular weight excluding hydrogens is 493 g/mol. The van der Waals surface area contributed by atoms with Crippen LogP contribution < -0.4 is 19.8 Å². The van der Waals surface area contributed by atoms with Crippen molar-refractivity contribution in [1.29, 1.82) is 0 Å². The van der Waals surface area contributed by atoms with Crippen molar-refractivity contribution in [3.63, 3.8) is 0 Å². The Bertz CT molecular complexity index is 1620. The maximum absolute atomic E-state index is 14.0. The fourth-order valence-corrected chi connectivity index (χ4v) is 5.98. The van der Waals surface area contributed by atoms with Crippen LogP contribution in [0.15, 0.2) is 69.6 Å². The Morgan fingerprint density at radius 3 is 2.54 bits per heavy atom. The van der Waals surface area contributed by atoms with Gasteiger partial charge in [-0.15, -0.1) is 0 Å². The highest BCUT2D eigenvalue weighted by Gasteiger charge is 2.37. The second-order valence-corrected chi connectivity index (χ2v) is 9.85. The maximum atomic E-state index is 14.0. The highest BCUT2D eigenvalue weighted by atomic mass is 32.1. The molecule has 0 fully saturated rings. The molecule has 0 bridgehead atoms. The number of allylic oxidation sites excluding steroid dienone is 1. The van der Waals surface area contributed by atoms with Crippen LogP contribution in [0.4, 0.5) is 10.1 Å². The highest BCUT2D eigenvalue weighted by molar-refractivity contribution is 7.07. The number of benzene rings is 2. The van der Waals surface area contributed by atoms with Crippen molar-refractivity contribution in [3.05, 3.63) is 96.4 Å². The zero-order chi connectivity index (χ0) is 26.3. The van der Waals surface area contributed by atoms with Gasteiger partial charge in [0.25, 0.3) is 11.5 Å². The van der Waals surface area contributed by atoms with Gasteiger partial charge in [-0.25, -0.2) is 14.2 Å². The molecule has 2 aliphatic rings. The Morgan fingerprint density at radius 2 is 1.84 bits per heavy atom. The number of hydrogen-bond donors (Lipinski definition) is 0.